The number of likely N-dealkylation sites (tertiary alicyclic amines) is 1. The van der Waals surface area contributed by atoms with Gasteiger partial charge in [-0.05, 0) is 58.4 Å². The second-order valence-corrected chi connectivity index (χ2v) is 10.5. The van der Waals surface area contributed by atoms with E-state index in [-0.39, 0.29) is 17.5 Å². The first-order chi connectivity index (χ1) is 15.9. The molecule has 1 aliphatic carbocycles. The Balaban J connectivity index is 1.48. The second kappa shape index (κ2) is 8.71. The van der Waals surface area contributed by atoms with Crippen LogP contribution in [0.1, 0.15) is 86.6 Å². The lowest BCUT2D eigenvalue weighted by Gasteiger charge is -2.36. The van der Waals surface area contributed by atoms with Gasteiger partial charge in [-0.15, -0.1) is 0 Å². The predicted molar refractivity (Wildman–Crippen MR) is 129 cm³/mol. The van der Waals surface area contributed by atoms with E-state index in [1.807, 2.05) is 4.90 Å². The number of carbonyl (C=O) groups is 1. The van der Waals surface area contributed by atoms with Crippen LogP contribution in [0.3, 0.4) is 0 Å². The van der Waals surface area contributed by atoms with Crippen molar-refractivity contribution in [1.82, 2.24) is 19.8 Å². The molecular formula is C27H36N4O2. The van der Waals surface area contributed by atoms with Crippen LogP contribution < -0.4 is 5.56 Å². The summed E-state index contributed by atoms with van der Waals surface area (Å²) in [5, 5.41) is 0. The van der Waals surface area contributed by atoms with Gasteiger partial charge >= 0.3 is 0 Å². The van der Waals surface area contributed by atoms with Crippen molar-refractivity contribution in [3.05, 3.63) is 62.8 Å². The number of aromatic amines is 1. The van der Waals surface area contributed by atoms with Gasteiger partial charge in [-0.3, -0.25) is 14.5 Å². The number of hydrogen-bond acceptors (Lipinski definition) is 4. The van der Waals surface area contributed by atoms with E-state index in [1.54, 1.807) is 0 Å². The first-order valence-electron chi connectivity index (χ1n) is 12.6. The van der Waals surface area contributed by atoms with Crippen LogP contribution in [0, 0.1) is 6.92 Å². The van der Waals surface area contributed by atoms with Gasteiger partial charge in [0.05, 0.1) is 17.2 Å². The molecule has 1 saturated heterocycles. The van der Waals surface area contributed by atoms with Crippen LogP contribution in [0.2, 0.25) is 0 Å². The van der Waals surface area contributed by atoms with Crippen LogP contribution >= 0.6 is 0 Å². The Morgan fingerprint density at radius 2 is 1.85 bits per heavy atom. The molecule has 176 valence electrons. The fourth-order valence-corrected chi connectivity index (χ4v) is 6.12. The molecule has 33 heavy (non-hydrogen) atoms. The quantitative estimate of drug-likeness (QED) is 0.767. The number of carbonyl (C=O) groups excluding carboxylic acids is 1. The van der Waals surface area contributed by atoms with Gasteiger partial charge < -0.3 is 9.88 Å². The molecule has 1 aromatic heterocycles. The predicted octanol–water partition coefficient (Wildman–Crippen LogP) is 4.02. The normalized spacial score (nSPS) is 22.7. The van der Waals surface area contributed by atoms with Crippen LogP contribution in [0.25, 0.3) is 0 Å². The number of H-pyrrole nitrogens is 1. The topological polar surface area (TPSA) is 69.3 Å². The molecule has 5 rings (SSSR count). The Bertz CT molecular complexity index is 1080. The van der Waals surface area contributed by atoms with Crippen molar-refractivity contribution in [2.75, 3.05) is 13.1 Å². The van der Waals surface area contributed by atoms with Gasteiger partial charge in [0.1, 0.15) is 5.82 Å². The van der Waals surface area contributed by atoms with Crippen molar-refractivity contribution in [2.45, 2.75) is 89.8 Å². The van der Waals surface area contributed by atoms with Crippen molar-refractivity contribution in [2.24, 2.45) is 0 Å². The summed E-state index contributed by atoms with van der Waals surface area (Å²) in [6.07, 6.45) is 6.49. The van der Waals surface area contributed by atoms with Crippen LogP contribution in [-0.2, 0) is 23.2 Å². The minimum atomic E-state index is -0.445. The Morgan fingerprint density at radius 1 is 1.12 bits per heavy atom. The van der Waals surface area contributed by atoms with Gasteiger partial charge in [-0.2, -0.15) is 0 Å². The van der Waals surface area contributed by atoms with E-state index < -0.39 is 5.41 Å². The van der Waals surface area contributed by atoms with E-state index in [9.17, 15) is 9.59 Å². The maximum atomic E-state index is 14.2. The summed E-state index contributed by atoms with van der Waals surface area (Å²) >= 11 is 0. The van der Waals surface area contributed by atoms with Gasteiger partial charge in [0, 0.05) is 31.2 Å². The molecule has 2 fully saturated rings. The molecule has 1 N–H and O–H groups in total. The molecule has 1 saturated carbocycles. The third-order valence-electron chi connectivity index (χ3n) is 8.15. The first kappa shape index (κ1) is 22.3. The van der Waals surface area contributed by atoms with Crippen molar-refractivity contribution < 1.29 is 4.79 Å². The molecule has 0 spiro atoms. The highest BCUT2D eigenvalue weighted by molar-refractivity contribution is 5.89. The average Bonchev–Trinajstić information content (AvgIpc) is 3.49. The van der Waals surface area contributed by atoms with Crippen LogP contribution in [0.5, 0.6) is 0 Å². The zero-order valence-corrected chi connectivity index (χ0v) is 20.2. The number of nitrogens with one attached hydrogen (secondary N) is 1. The summed E-state index contributed by atoms with van der Waals surface area (Å²) in [6.45, 7) is 8.78. The Labute approximate surface area is 196 Å². The first-order valence-corrected chi connectivity index (χ1v) is 12.6. The highest BCUT2D eigenvalue weighted by Crippen LogP contribution is 2.45. The monoisotopic (exact) mass is 448 g/mol. The second-order valence-electron chi connectivity index (χ2n) is 10.5. The third-order valence-corrected chi connectivity index (χ3v) is 8.15. The van der Waals surface area contributed by atoms with Crippen molar-refractivity contribution in [3.63, 3.8) is 0 Å². The van der Waals surface area contributed by atoms with E-state index >= 15 is 0 Å². The maximum Gasteiger partial charge on any atom is 0.254 e. The molecule has 1 aromatic carbocycles. The third kappa shape index (κ3) is 3.92. The molecule has 3 aliphatic rings. The highest BCUT2D eigenvalue weighted by atomic mass is 16.2. The Hall–Kier alpha value is -2.47. The zero-order valence-electron chi connectivity index (χ0n) is 20.2. The number of nitrogens with zero attached hydrogens (tertiary/aromatic N) is 3. The number of rotatable bonds is 4. The summed E-state index contributed by atoms with van der Waals surface area (Å²) in [6, 6.07) is 8.80. The van der Waals surface area contributed by atoms with Crippen molar-refractivity contribution in [1.29, 1.82) is 0 Å². The fraction of sp³-hybridized carbons (Fsp3) is 0.593. The molecule has 1 unspecified atom stereocenters. The standard InChI is InChI=1S/C27H36N4O2/c1-18(2)30-16-12-21-22(17-30)28-24(29-25(21)32)23-7-6-15-31(23)26(33)27(13-4-5-14-27)20-10-8-19(3)9-11-20/h8-11,18,23H,4-7,12-17H2,1-3H3,(H,28,29,32). The molecule has 1 amide bonds. The van der Waals surface area contributed by atoms with E-state index in [0.717, 1.165) is 74.9 Å². The van der Waals surface area contributed by atoms with Gasteiger partial charge in [-0.25, -0.2) is 4.98 Å². The lowest BCUT2D eigenvalue weighted by molar-refractivity contribution is -0.138. The van der Waals surface area contributed by atoms with E-state index in [0.29, 0.717) is 18.4 Å². The van der Waals surface area contributed by atoms with Crippen LogP contribution in [0.15, 0.2) is 29.1 Å². The van der Waals surface area contributed by atoms with Gasteiger partial charge in [-0.1, -0.05) is 42.7 Å². The summed E-state index contributed by atoms with van der Waals surface area (Å²) < 4.78 is 0. The molecular weight excluding hydrogens is 412 g/mol. The Morgan fingerprint density at radius 3 is 2.55 bits per heavy atom. The number of aryl methyl sites for hydroxylation is 1. The molecule has 6 heteroatoms. The molecule has 6 nitrogen and oxygen atoms in total. The minimum absolute atomic E-state index is 0.0215. The SMILES string of the molecule is Cc1ccc(C2(C(=O)N3CCCC3c3nc4c(c(=O)[nH]3)CCN(C(C)C)C4)CCCC2)cc1. The van der Waals surface area contributed by atoms with Crippen molar-refractivity contribution >= 4 is 5.91 Å². The minimum Gasteiger partial charge on any atom is -0.332 e. The van der Waals surface area contributed by atoms with E-state index in [1.165, 1.54) is 5.56 Å². The van der Waals surface area contributed by atoms with Gasteiger partial charge in [0.15, 0.2) is 0 Å². The van der Waals surface area contributed by atoms with Gasteiger partial charge in [0.2, 0.25) is 5.91 Å². The Kier molecular flexibility index (Phi) is 5.89. The number of hydrogen-bond donors (Lipinski definition) is 1. The zero-order chi connectivity index (χ0) is 23.2. The highest BCUT2D eigenvalue weighted by Gasteiger charge is 2.48. The lowest BCUT2D eigenvalue weighted by Crippen LogP contribution is -2.46. The van der Waals surface area contributed by atoms with E-state index in [4.69, 9.17) is 4.98 Å². The average molecular weight is 449 g/mol. The van der Waals surface area contributed by atoms with Crippen molar-refractivity contribution in [3.8, 4) is 0 Å². The van der Waals surface area contributed by atoms with Crippen LogP contribution in [-0.4, -0.2) is 44.8 Å². The number of aromatic nitrogens is 2. The largest absolute Gasteiger partial charge is 0.332 e. The number of fused-ring (bicyclic) bond motifs is 1. The molecule has 0 radical (unpaired) electrons. The summed E-state index contributed by atoms with van der Waals surface area (Å²) in [5.74, 6) is 0.891. The summed E-state index contributed by atoms with van der Waals surface area (Å²) in [7, 11) is 0. The number of amides is 1. The molecule has 2 aromatic rings. The summed E-state index contributed by atoms with van der Waals surface area (Å²) in [5.41, 5.74) is 3.59. The maximum absolute atomic E-state index is 14.2. The molecule has 3 heterocycles. The molecule has 1 atom stereocenters. The van der Waals surface area contributed by atoms with E-state index in [2.05, 4.69) is 54.9 Å². The lowest BCUT2D eigenvalue weighted by atomic mass is 9.77. The smallest absolute Gasteiger partial charge is 0.254 e. The molecule has 2 aliphatic heterocycles. The molecule has 0 bridgehead atoms. The summed E-state index contributed by atoms with van der Waals surface area (Å²) in [4.78, 5) is 39.5. The van der Waals surface area contributed by atoms with Crippen LogP contribution in [0.4, 0.5) is 0 Å². The fourth-order valence-electron chi connectivity index (χ4n) is 6.12. The number of benzene rings is 1. The van der Waals surface area contributed by atoms with Gasteiger partial charge in [0.25, 0.3) is 5.56 Å².